The van der Waals surface area contributed by atoms with Crippen molar-refractivity contribution in [2.24, 2.45) is 0 Å². The number of aryl methyl sites for hydroxylation is 4. The van der Waals surface area contributed by atoms with Crippen LogP contribution in [0.15, 0.2) is 54.6 Å². The molecule has 1 unspecified atom stereocenters. The van der Waals surface area contributed by atoms with Crippen molar-refractivity contribution < 1.29 is 9.53 Å². The van der Waals surface area contributed by atoms with E-state index in [1.807, 2.05) is 37.3 Å². The van der Waals surface area contributed by atoms with Gasteiger partial charge in [0.2, 0.25) is 0 Å². The summed E-state index contributed by atoms with van der Waals surface area (Å²) in [6.45, 7) is 11.8. The lowest BCUT2D eigenvalue weighted by Crippen LogP contribution is -2.35. The van der Waals surface area contributed by atoms with Crippen LogP contribution < -0.4 is 4.90 Å². The van der Waals surface area contributed by atoms with Crippen LogP contribution in [-0.2, 0) is 22.5 Å². The average Bonchev–Trinajstić information content (AvgIpc) is 3.20. The number of hydrogen-bond acceptors (Lipinski definition) is 5. The van der Waals surface area contributed by atoms with Gasteiger partial charge in [-0.2, -0.15) is 0 Å². The fraction of sp³-hybridized carbons (Fsp3) is 0.345. The Morgan fingerprint density at radius 1 is 1.00 bits per heavy atom. The van der Waals surface area contributed by atoms with Gasteiger partial charge in [0.05, 0.1) is 13.7 Å². The van der Waals surface area contributed by atoms with Crippen LogP contribution in [0.2, 0.25) is 0 Å². The minimum absolute atomic E-state index is 0.268. The van der Waals surface area contributed by atoms with E-state index in [9.17, 15) is 4.79 Å². The maximum atomic E-state index is 12.8. The zero-order valence-corrected chi connectivity index (χ0v) is 21.5. The van der Waals surface area contributed by atoms with Gasteiger partial charge in [0.25, 0.3) is 0 Å². The number of imidazole rings is 1. The van der Waals surface area contributed by atoms with E-state index in [0.29, 0.717) is 13.1 Å². The van der Waals surface area contributed by atoms with E-state index in [-0.39, 0.29) is 5.97 Å². The molecule has 6 nitrogen and oxygen atoms in total. The van der Waals surface area contributed by atoms with Gasteiger partial charge in [0.15, 0.2) is 11.7 Å². The second kappa shape index (κ2) is 10.3. The number of rotatable bonds is 8. The van der Waals surface area contributed by atoms with Crippen molar-refractivity contribution in [2.45, 2.75) is 53.6 Å². The Balaban J connectivity index is 1.71. The largest absolute Gasteiger partial charge is 0.467 e. The molecule has 2 aromatic heterocycles. The summed E-state index contributed by atoms with van der Waals surface area (Å²) in [5.74, 6) is 0.767. The van der Waals surface area contributed by atoms with Crippen LogP contribution in [0.25, 0.3) is 11.2 Å². The lowest BCUT2D eigenvalue weighted by Gasteiger charge is -2.32. The highest BCUT2D eigenvalue weighted by Crippen LogP contribution is 2.32. The van der Waals surface area contributed by atoms with Gasteiger partial charge in [-0.25, -0.2) is 14.8 Å². The molecule has 0 fully saturated rings. The quantitative estimate of drug-likeness (QED) is 0.309. The first-order chi connectivity index (χ1) is 16.9. The number of esters is 1. The van der Waals surface area contributed by atoms with Gasteiger partial charge in [-0.3, -0.25) is 0 Å². The van der Waals surface area contributed by atoms with Gasteiger partial charge in [0, 0.05) is 24.3 Å². The highest BCUT2D eigenvalue weighted by Gasteiger charge is 2.29. The molecule has 0 bridgehead atoms. The summed E-state index contributed by atoms with van der Waals surface area (Å²) >= 11 is 0. The fourth-order valence-electron chi connectivity index (χ4n) is 4.89. The van der Waals surface area contributed by atoms with Gasteiger partial charge < -0.3 is 14.2 Å². The third-order valence-electron chi connectivity index (χ3n) is 6.52. The van der Waals surface area contributed by atoms with Gasteiger partial charge in [-0.05, 0) is 62.1 Å². The zero-order valence-electron chi connectivity index (χ0n) is 21.5. The molecule has 0 radical (unpaired) electrons. The van der Waals surface area contributed by atoms with Gasteiger partial charge in [0.1, 0.15) is 11.3 Å². The number of fused-ring (bicyclic) bond motifs is 1. The molecule has 0 aliphatic carbocycles. The topological polar surface area (TPSA) is 60.2 Å². The summed E-state index contributed by atoms with van der Waals surface area (Å²) in [5, 5.41) is 0. The zero-order chi connectivity index (χ0) is 25.1. The predicted octanol–water partition coefficient (Wildman–Crippen LogP) is 5.71. The summed E-state index contributed by atoms with van der Waals surface area (Å²) in [6.07, 6.45) is 0.841. The van der Waals surface area contributed by atoms with Crippen molar-refractivity contribution in [1.29, 1.82) is 0 Å². The molecule has 4 rings (SSSR count). The molecule has 0 aliphatic rings. The molecule has 0 saturated carbocycles. The Hall–Kier alpha value is -3.67. The summed E-state index contributed by atoms with van der Waals surface area (Å²) in [7, 11) is 1.44. The number of aromatic nitrogens is 3. The molecule has 0 amide bonds. The van der Waals surface area contributed by atoms with Crippen LogP contribution in [0, 0.1) is 20.8 Å². The number of hydrogen-bond donors (Lipinski definition) is 0. The molecule has 0 aliphatic heterocycles. The molecule has 182 valence electrons. The number of benzene rings is 2. The standard InChI is InChI=1S/C29H34N4O2/c1-7-25-31-26-20(4)16-21(5)30-28(26)33(25)18-22-14-15-24(19(3)17-22)32(8-2)27(29(34)35-6)23-12-10-9-11-13-23/h9-17,27H,7-8,18H2,1-6H3. The summed E-state index contributed by atoms with van der Waals surface area (Å²) in [5.41, 5.74) is 8.28. The van der Waals surface area contributed by atoms with E-state index in [2.05, 4.69) is 61.4 Å². The molecule has 0 spiro atoms. The Kier molecular flexibility index (Phi) is 7.20. The van der Waals surface area contributed by atoms with E-state index in [0.717, 1.165) is 51.5 Å². The van der Waals surface area contributed by atoms with Crippen LogP contribution in [0.3, 0.4) is 0 Å². The lowest BCUT2D eigenvalue weighted by atomic mass is 10.0. The van der Waals surface area contributed by atoms with Crippen LogP contribution in [0.5, 0.6) is 0 Å². The Morgan fingerprint density at radius 3 is 2.37 bits per heavy atom. The van der Waals surface area contributed by atoms with E-state index < -0.39 is 6.04 Å². The summed E-state index contributed by atoms with van der Waals surface area (Å²) in [4.78, 5) is 24.6. The Morgan fingerprint density at radius 2 is 1.74 bits per heavy atom. The predicted molar refractivity (Wildman–Crippen MR) is 141 cm³/mol. The third-order valence-corrected chi connectivity index (χ3v) is 6.52. The maximum Gasteiger partial charge on any atom is 0.333 e. The highest BCUT2D eigenvalue weighted by atomic mass is 16.5. The molecule has 1 atom stereocenters. The van der Waals surface area contributed by atoms with Crippen molar-refractivity contribution in [1.82, 2.24) is 14.5 Å². The van der Waals surface area contributed by atoms with Gasteiger partial charge in [-0.1, -0.05) is 49.4 Å². The number of methoxy groups -OCH3 is 1. The van der Waals surface area contributed by atoms with E-state index in [1.165, 1.54) is 12.7 Å². The highest BCUT2D eigenvalue weighted by molar-refractivity contribution is 5.82. The van der Waals surface area contributed by atoms with E-state index in [4.69, 9.17) is 14.7 Å². The maximum absolute atomic E-state index is 12.8. The molecule has 0 N–H and O–H groups in total. The molecular formula is C29H34N4O2. The van der Waals surface area contributed by atoms with Crippen molar-refractivity contribution in [2.75, 3.05) is 18.6 Å². The Labute approximate surface area is 207 Å². The van der Waals surface area contributed by atoms with Crippen molar-refractivity contribution in [3.63, 3.8) is 0 Å². The number of likely N-dealkylation sites (N-methyl/N-ethyl adjacent to an activating group) is 1. The van der Waals surface area contributed by atoms with E-state index >= 15 is 0 Å². The molecule has 2 aromatic carbocycles. The van der Waals surface area contributed by atoms with Crippen LogP contribution in [-0.4, -0.2) is 34.2 Å². The Bertz CT molecular complexity index is 1340. The second-order valence-electron chi connectivity index (χ2n) is 8.96. The monoisotopic (exact) mass is 470 g/mol. The minimum Gasteiger partial charge on any atom is -0.467 e. The number of anilines is 1. The fourth-order valence-corrected chi connectivity index (χ4v) is 4.89. The van der Waals surface area contributed by atoms with E-state index in [1.54, 1.807) is 0 Å². The summed E-state index contributed by atoms with van der Waals surface area (Å²) in [6, 6.07) is 17.8. The molecule has 0 saturated heterocycles. The number of ether oxygens (including phenoxy) is 1. The van der Waals surface area contributed by atoms with Crippen LogP contribution >= 0.6 is 0 Å². The smallest absolute Gasteiger partial charge is 0.333 e. The molecule has 4 aromatic rings. The lowest BCUT2D eigenvalue weighted by molar-refractivity contribution is -0.142. The normalized spacial score (nSPS) is 12.1. The second-order valence-corrected chi connectivity index (χ2v) is 8.96. The molecule has 35 heavy (non-hydrogen) atoms. The first-order valence-corrected chi connectivity index (χ1v) is 12.2. The van der Waals surface area contributed by atoms with Gasteiger partial charge >= 0.3 is 5.97 Å². The number of nitrogens with zero attached hydrogens (tertiary/aromatic N) is 4. The SMILES string of the molecule is CCc1nc2c(C)cc(C)nc2n1Cc1ccc(N(CC)C(C(=O)OC)c2ccccc2)c(C)c1. The molecule has 2 heterocycles. The van der Waals surface area contributed by atoms with Crippen LogP contribution in [0.4, 0.5) is 5.69 Å². The third kappa shape index (κ3) is 4.78. The van der Waals surface area contributed by atoms with Crippen molar-refractivity contribution in [3.8, 4) is 0 Å². The van der Waals surface area contributed by atoms with Gasteiger partial charge in [-0.15, -0.1) is 0 Å². The first kappa shape index (κ1) is 24.5. The molecular weight excluding hydrogens is 436 g/mol. The number of carbonyl (C=O) groups excluding carboxylic acids is 1. The number of pyridine rings is 1. The van der Waals surface area contributed by atoms with Crippen LogP contribution in [0.1, 0.15) is 53.7 Å². The minimum atomic E-state index is -0.504. The summed E-state index contributed by atoms with van der Waals surface area (Å²) < 4.78 is 7.42. The van der Waals surface area contributed by atoms with Crippen molar-refractivity contribution >= 4 is 22.8 Å². The molecule has 6 heteroatoms. The average molecular weight is 471 g/mol. The number of carbonyl (C=O) groups is 1. The first-order valence-electron chi connectivity index (χ1n) is 12.2. The van der Waals surface area contributed by atoms with Crippen molar-refractivity contribution in [3.05, 3.63) is 88.4 Å².